The molecule has 7 rings (SSSR count). The van der Waals surface area contributed by atoms with Crippen LogP contribution in [-0.2, 0) is 25.8 Å². The number of halogens is 1. The highest BCUT2D eigenvalue weighted by atomic mass is 32.2. The van der Waals surface area contributed by atoms with Gasteiger partial charge in [-0.1, -0.05) is 6.07 Å². The lowest BCUT2D eigenvalue weighted by Gasteiger charge is -2.45. The van der Waals surface area contributed by atoms with Crippen LogP contribution in [0.2, 0.25) is 0 Å². The minimum Gasteiger partial charge on any atom is -0.385 e. The van der Waals surface area contributed by atoms with Crippen molar-refractivity contribution in [2.75, 3.05) is 61.9 Å². The Kier molecular flexibility index (Phi) is 7.21. The number of nitrogens with zero attached hydrogens (tertiary/aromatic N) is 4. The molecule has 45 heavy (non-hydrogen) atoms. The number of imide groups is 2. The normalized spacial score (nSPS) is 25.8. The Labute approximate surface area is 259 Å². The molecule has 2 N–H and O–H groups in total. The van der Waals surface area contributed by atoms with Crippen LogP contribution in [0.3, 0.4) is 0 Å². The zero-order chi connectivity index (χ0) is 31.8. The minimum atomic E-state index is -3.61. The van der Waals surface area contributed by atoms with Gasteiger partial charge >= 0.3 is 0 Å². The first-order valence-electron chi connectivity index (χ1n) is 15.2. The Balaban J connectivity index is 0.982. The molecule has 3 atom stereocenters. The molecular weight excluding hydrogens is 605 g/mol. The predicted molar refractivity (Wildman–Crippen MR) is 161 cm³/mol. The third-order valence-corrected chi connectivity index (χ3v) is 10.9. The van der Waals surface area contributed by atoms with E-state index in [2.05, 4.69) is 20.0 Å². The van der Waals surface area contributed by atoms with Gasteiger partial charge < -0.3 is 14.9 Å². The SMILES string of the molecule is CS(=O)(=O)c1ccc(N2CC(CN3CCN(c4cccc5c4C(=O)N(C4CCC(=O)NC4=O)C5=O)CC3)C2)c2c1[C@H](O)[C@@H](F)C2. The van der Waals surface area contributed by atoms with Gasteiger partial charge in [0.1, 0.15) is 18.3 Å². The maximum Gasteiger partial charge on any atom is 0.264 e. The molecule has 2 aromatic rings. The van der Waals surface area contributed by atoms with E-state index in [1.165, 1.54) is 6.07 Å². The molecule has 2 aromatic carbocycles. The second kappa shape index (κ2) is 10.9. The zero-order valence-corrected chi connectivity index (χ0v) is 25.6. The van der Waals surface area contributed by atoms with Crippen molar-refractivity contribution in [1.82, 2.24) is 15.1 Å². The number of aliphatic hydroxyl groups is 1. The van der Waals surface area contributed by atoms with Gasteiger partial charge in [-0.15, -0.1) is 0 Å². The molecule has 0 radical (unpaired) electrons. The molecule has 4 aliphatic heterocycles. The number of carbonyl (C=O) groups is 4. The van der Waals surface area contributed by atoms with Gasteiger partial charge in [-0.3, -0.25) is 34.3 Å². The fraction of sp³-hybridized carbons (Fsp3) is 0.484. The van der Waals surface area contributed by atoms with Gasteiger partial charge in [-0.2, -0.15) is 0 Å². The number of aliphatic hydroxyl groups excluding tert-OH is 1. The molecule has 0 saturated carbocycles. The van der Waals surface area contributed by atoms with Crippen LogP contribution < -0.4 is 15.1 Å². The van der Waals surface area contributed by atoms with Crippen molar-refractivity contribution in [1.29, 1.82) is 0 Å². The van der Waals surface area contributed by atoms with E-state index < -0.39 is 51.8 Å². The van der Waals surface area contributed by atoms with Crippen LogP contribution in [0.5, 0.6) is 0 Å². The van der Waals surface area contributed by atoms with Crippen molar-refractivity contribution in [3.05, 3.63) is 52.6 Å². The number of benzene rings is 2. The Bertz CT molecular complexity index is 1740. The number of hydrogen-bond acceptors (Lipinski definition) is 10. The van der Waals surface area contributed by atoms with Crippen molar-refractivity contribution in [3.8, 4) is 0 Å². The number of hydrogen-bond donors (Lipinski definition) is 2. The van der Waals surface area contributed by atoms with Crippen LogP contribution in [0.15, 0.2) is 35.2 Å². The average Bonchev–Trinajstić information content (AvgIpc) is 3.42. The minimum absolute atomic E-state index is 0.0114. The van der Waals surface area contributed by atoms with E-state index >= 15 is 0 Å². The molecule has 0 aromatic heterocycles. The summed E-state index contributed by atoms with van der Waals surface area (Å²) in [7, 11) is -3.61. The van der Waals surface area contributed by atoms with E-state index in [0.29, 0.717) is 35.8 Å². The highest BCUT2D eigenvalue weighted by Crippen LogP contribution is 2.44. The average molecular weight is 640 g/mol. The maximum atomic E-state index is 14.5. The van der Waals surface area contributed by atoms with Crippen molar-refractivity contribution < 1.29 is 37.1 Å². The number of anilines is 2. The molecule has 5 aliphatic rings. The Hall–Kier alpha value is -3.88. The van der Waals surface area contributed by atoms with Crippen molar-refractivity contribution >= 4 is 44.8 Å². The highest BCUT2D eigenvalue weighted by Gasteiger charge is 2.46. The smallest absolute Gasteiger partial charge is 0.264 e. The summed E-state index contributed by atoms with van der Waals surface area (Å²) in [5.74, 6) is -1.73. The van der Waals surface area contributed by atoms with E-state index in [1.54, 1.807) is 18.2 Å². The van der Waals surface area contributed by atoms with Crippen molar-refractivity contribution in [3.63, 3.8) is 0 Å². The summed E-state index contributed by atoms with van der Waals surface area (Å²) in [5.41, 5.74) is 2.77. The van der Waals surface area contributed by atoms with E-state index in [1.807, 2.05) is 6.07 Å². The van der Waals surface area contributed by atoms with Gasteiger partial charge in [-0.05, 0) is 36.2 Å². The lowest BCUT2D eigenvalue weighted by Crippen LogP contribution is -2.55. The summed E-state index contributed by atoms with van der Waals surface area (Å²) in [6.07, 6.45) is -1.75. The monoisotopic (exact) mass is 639 g/mol. The Morgan fingerprint density at radius 2 is 1.69 bits per heavy atom. The van der Waals surface area contributed by atoms with Crippen molar-refractivity contribution in [2.45, 2.75) is 42.5 Å². The number of piperazine rings is 1. The maximum absolute atomic E-state index is 14.5. The van der Waals surface area contributed by atoms with Gasteiger partial charge in [0.15, 0.2) is 9.84 Å². The topological polar surface area (TPSA) is 148 Å². The molecule has 3 fully saturated rings. The fourth-order valence-corrected chi connectivity index (χ4v) is 8.42. The van der Waals surface area contributed by atoms with E-state index in [0.717, 1.165) is 49.6 Å². The number of piperidine rings is 1. The van der Waals surface area contributed by atoms with E-state index in [-0.39, 0.29) is 35.3 Å². The molecule has 1 aliphatic carbocycles. The third kappa shape index (κ3) is 4.99. The standard InChI is InChI=1S/C31H34FN5O7S/c1-45(43,44)24-7-5-21(19-13-20(32)28(39)27(19)24)36-15-17(16-36)14-34-9-11-35(12-10-34)22-4-2-3-18-26(22)31(42)37(30(18)41)23-6-8-25(38)33-29(23)40/h2-5,7,17,20,23,28,39H,6,8-16H2,1H3,(H,33,38,40)/t20-,23?,28+/m0/s1. The first-order chi connectivity index (χ1) is 21.4. The van der Waals surface area contributed by atoms with Crippen LogP contribution in [0.1, 0.15) is 50.8 Å². The van der Waals surface area contributed by atoms with Crippen LogP contribution >= 0.6 is 0 Å². The van der Waals surface area contributed by atoms with Crippen molar-refractivity contribution in [2.24, 2.45) is 5.92 Å². The Morgan fingerprint density at radius 1 is 0.956 bits per heavy atom. The highest BCUT2D eigenvalue weighted by molar-refractivity contribution is 7.90. The number of alkyl halides is 1. The molecule has 4 amide bonds. The summed E-state index contributed by atoms with van der Waals surface area (Å²) < 4.78 is 39.0. The largest absolute Gasteiger partial charge is 0.385 e. The summed E-state index contributed by atoms with van der Waals surface area (Å²) in [6.45, 7) is 5.08. The summed E-state index contributed by atoms with van der Waals surface area (Å²) in [5, 5.41) is 12.6. The predicted octanol–water partition coefficient (Wildman–Crippen LogP) is 0.677. The first-order valence-corrected chi connectivity index (χ1v) is 17.1. The van der Waals surface area contributed by atoms with Gasteiger partial charge in [0.05, 0.1) is 21.7 Å². The van der Waals surface area contributed by atoms with Gasteiger partial charge in [0.25, 0.3) is 11.8 Å². The number of carbonyl (C=O) groups excluding carboxylic acids is 4. The second-order valence-electron chi connectivity index (χ2n) is 12.6. The molecular formula is C31H34FN5O7S. The van der Waals surface area contributed by atoms with Crippen LogP contribution in [0, 0.1) is 5.92 Å². The molecule has 12 nitrogen and oxygen atoms in total. The zero-order valence-electron chi connectivity index (χ0n) is 24.7. The summed E-state index contributed by atoms with van der Waals surface area (Å²) >= 11 is 0. The molecule has 1 unspecified atom stereocenters. The molecule has 3 saturated heterocycles. The quantitative estimate of drug-likeness (QED) is 0.433. The van der Waals surface area contributed by atoms with Crippen LogP contribution in [-0.4, -0.2) is 111 Å². The van der Waals surface area contributed by atoms with Crippen LogP contribution in [0.4, 0.5) is 15.8 Å². The number of rotatable bonds is 6. The number of amides is 4. The molecule has 0 spiro atoms. The third-order valence-electron chi connectivity index (χ3n) is 9.70. The van der Waals surface area contributed by atoms with Crippen LogP contribution in [0.25, 0.3) is 0 Å². The number of fused-ring (bicyclic) bond motifs is 2. The van der Waals surface area contributed by atoms with E-state index in [4.69, 9.17) is 0 Å². The molecule has 4 heterocycles. The lowest BCUT2D eigenvalue weighted by atomic mass is 9.95. The van der Waals surface area contributed by atoms with Gasteiger partial charge in [0, 0.05) is 82.1 Å². The summed E-state index contributed by atoms with van der Waals surface area (Å²) in [4.78, 5) is 58.3. The number of sulfone groups is 1. The second-order valence-corrected chi connectivity index (χ2v) is 14.6. The lowest BCUT2D eigenvalue weighted by molar-refractivity contribution is -0.136. The number of nitrogens with one attached hydrogen (secondary N) is 1. The summed E-state index contributed by atoms with van der Waals surface area (Å²) in [6, 6.07) is 7.35. The molecule has 0 bridgehead atoms. The Morgan fingerprint density at radius 3 is 2.38 bits per heavy atom. The van der Waals surface area contributed by atoms with Gasteiger partial charge in [0.2, 0.25) is 11.8 Å². The van der Waals surface area contributed by atoms with Gasteiger partial charge in [-0.25, -0.2) is 12.8 Å². The molecule has 14 heteroatoms. The first kappa shape index (κ1) is 29.8. The fourth-order valence-electron chi connectivity index (χ4n) is 7.46. The molecule has 238 valence electrons. The van der Waals surface area contributed by atoms with E-state index in [9.17, 15) is 37.1 Å².